The number of aryl methyl sites for hydroxylation is 1. The molecule has 0 radical (unpaired) electrons. The highest BCUT2D eigenvalue weighted by molar-refractivity contribution is 8.03. The van der Waals surface area contributed by atoms with Gasteiger partial charge in [-0.2, -0.15) is 0 Å². The molecule has 31 heavy (non-hydrogen) atoms. The molecule has 0 bridgehead atoms. The van der Waals surface area contributed by atoms with E-state index < -0.39 is 0 Å². The first-order valence-corrected chi connectivity index (χ1v) is 11.1. The molecule has 5 nitrogen and oxygen atoms in total. The third-order valence-electron chi connectivity index (χ3n) is 4.83. The summed E-state index contributed by atoms with van der Waals surface area (Å²) >= 11 is 7.37. The summed E-state index contributed by atoms with van der Waals surface area (Å²) in [7, 11) is 0. The second kappa shape index (κ2) is 9.04. The van der Waals surface area contributed by atoms with Gasteiger partial charge in [-0.15, -0.1) is 11.8 Å². The van der Waals surface area contributed by atoms with Crippen LogP contribution < -0.4 is 9.64 Å². The van der Waals surface area contributed by atoms with Gasteiger partial charge in [-0.1, -0.05) is 23.7 Å². The van der Waals surface area contributed by atoms with Gasteiger partial charge in [0, 0.05) is 5.02 Å². The van der Waals surface area contributed by atoms with Crippen LogP contribution in [0, 0.1) is 6.92 Å². The predicted molar refractivity (Wildman–Crippen MR) is 123 cm³/mol. The van der Waals surface area contributed by atoms with Crippen molar-refractivity contribution >= 4 is 46.4 Å². The second-order valence-electron chi connectivity index (χ2n) is 6.91. The second-order valence-corrected chi connectivity index (χ2v) is 8.33. The molecule has 7 heteroatoms. The van der Waals surface area contributed by atoms with Crippen LogP contribution in [0.25, 0.3) is 5.57 Å². The fourth-order valence-electron chi connectivity index (χ4n) is 3.41. The summed E-state index contributed by atoms with van der Waals surface area (Å²) in [5.74, 6) is 1.16. The lowest BCUT2D eigenvalue weighted by Crippen LogP contribution is -2.31. The van der Waals surface area contributed by atoms with Crippen molar-refractivity contribution in [3.05, 3.63) is 87.7 Å². The Morgan fingerprint density at radius 1 is 1.06 bits per heavy atom. The van der Waals surface area contributed by atoms with Gasteiger partial charge < -0.3 is 9.15 Å². The molecule has 2 aromatic carbocycles. The van der Waals surface area contributed by atoms with E-state index in [2.05, 4.69) is 0 Å². The number of benzene rings is 2. The van der Waals surface area contributed by atoms with Crippen molar-refractivity contribution < 1.29 is 18.7 Å². The lowest BCUT2D eigenvalue weighted by molar-refractivity contribution is -0.119. The molecule has 1 aliphatic rings. The van der Waals surface area contributed by atoms with Gasteiger partial charge in [0.25, 0.3) is 11.8 Å². The van der Waals surface area contributed by atoms with Crippen LogP contribution in [0.15, 0.2) is 70.2 Å². The smallest absolute Gasteiger partial charge is 0.272 e. The fourth-order valence-corrected chi connectivity index (χ4v) is 4.65. The van der Waals surface area contributed by atoms with Gasteiger partial charge in [0.2, 0.25) is 0 Å². The minimum absolute atomic E-state index is 0.351. The number of imide groups is 1. The molecular formula is C24H20ClNO4S. The average Bonchev–Trinajstić information content (AvgIpc) is 3.35. The number of hydrogen-bond donors (Lipinski definition) is 0. The first-order chi connectivity index (χ1) is 15.0. The summed E-state index contributed by atoms with van der Waals surface area (Å²) in [5, 5.41) is 0.549. The Kier molecular flexibility index (Phi) is 6.20. The van der Waals surface area contributed by atoms with E-state index in [1.54, 1.807) is 54.8 Å². The first kappa shape index (κ1) is 21.3. The maximum Gasteiger partial charge on any atom is 0.272 e. The summed E-state index contributed by atoms with van der Waals surface area (Å²) in [6, 6.07) is 16.0. The zero-order chi connectivity index (χ0) is 22.0. The number of nitrogens with zero attached hydrogens (tertiary/aromatic N) is 1. The Hall–Kier alpha value is -2.96. The SMILES string of the molecule is CCOc1ccc(C2=C(SCc3ccco3)C(=O)N(c3ccc(Cl)cc3C)C2=O)cc1. The maximum absolute atomic E-state index is 13.5. The van der Waals surface area contributed by atoms with E-state index in [-0.39, 0.29) is 11.8 Å². The van der Waals surface area contributed by atoms with Crippen LogP contribution in [0.2, 0.25) is 5.02 Å². The number of thioether (sulfide) groups is 1. The van der Waals surface area contributed by atoms with E-state index in [0.29, 0.717) is 44.9 Å². The highest BCUT2D eigenvalue weighted by atomic mass is 35.5. The van der Waals surface area contributed by atoms with Gasteiger partial charge in [-0.05, 0) is 67.4 Å². The lowest BCUT2D eigenvalue weighted by atomic mass is 10.1. The largest absolute Gasteiger partial charge is 0.494 e. The third kappa shape index (κ3) is 4.27. The average molecular weight is 454 g/mol. The molecule has 1 aromatic heterocycles. The molecular weight excluding hydrogens is 434 g/mol. The molecule has 0 unspecified atom stereocenters. The van der Waals surface area contributed by atoms with Gasteiger partial charge in [0.15, 0.2) is 0 Å². The summed E-state index contributed by atoms with van der Waals surface area (Å²) in [6.45, 7) is 4.28. The number of rotatable bonds is 7. The molecule has 0 fully saturated rings. The molecule has 1 aliphatic heterocycles. The van der Waals surface area contributed by atoms with Crippen molar-refractivity contribution in [1.82, 2.24) is 0 Å². The van der Waals surface area contributed by atoms with Crippen molar-refractivity contribution in [2.24, 2.45) is 0 Å². The van der Waals surface area contributed by atoms with Gasteiger partial charge >= 0.3 is 0 Å². The number of ether oxygens (including phenoxy) is 1. The standard InChI is InChI=1S/C24H20ClNO4S/c1-3-29-18-9-6-16(7-10-18)21-22(31-14-19-5-4-12-30-19)24(28)26(23(21)27)20-11-8-17(25)13-15(20)2/h4-13H,3,14H2,1-2H3. The van der Waals surface area contributed by atoms with Crippen LogP contribution in [-0.2, 0) is 15.3 Å². The maximum atomic E-state index is 13.5. The topological polar surface area (TPSA) is 59.8 Å². The normalized spacial score (nSPS) is 14.0. The Labute approximate surface area is 189 Å². The van der Waals surface area contributed by atoms with Crippen LogP contribution in [0.5, 0.6) is 5.75 Å². The molecule has 0 N–H and O–H groups in total. The Bertz CT molecular complexity index is 1150. The lowest BCUT2D eigenvalue weighted by Gasteiger charge is -2.18. The number of carbonyl (C=O) groups is 2. The van der Waals surface area contributed by atoms with Crippen LogP contribution in [0.1, 0.15) is 23.8 Å². The molecule has 0 aliphatic carbocycles. The zero-order valence-corrected chi connectivity index (χ0v) is 18.6. The van der Waals surface area contributed by atoms with Gasteiger partial charge in [-0.25, -0.2) is 4.90 Å². The van der Waals surface area contributed by atoms with Gasteiger partial charge in [0.05, 0.1) is 34.8 Å². The van der Waals surface area contributed by atoms with Crippen molar-refractivity contribution in [3.8, 4) is 5.75 Å². The van der Waals surface area contributed by atoms with Crippen LogP contribution in [-0.4, -0.2) is 18.4 Å². The van der Waals surface area contributed by atoms with Crippen LogP contribution >= 0.6 is 23.4 Å². The highest BCUT2D eigenvalue weighted by Crippen LogP contribution is 2.41. The number of furan rings is 1. The molecule has 158 valence electrons. The van der Waals surface area contributed by atoms with E-state index in [0.717, 1.165) is 11.3 Å². The number of anilines is 1. The molecule has 0 atom stereocenters. The first-order valence-electron chi connectivity index (χ1n) is 9.77. The third-order valence-corrected chi connectivity index (χ3v) is 6.17. The number of amides is 2. The molecule has 2 amide bonds. The predicted octanol–water partition coefficient (Wildman–Crippen LogP) is 5.86. The van der Waals surface area contributed by atoms with Crippen molar-refractivity contribution in [2.75, 3.05) is 11.5 Å². The number of halogens is 1. The number of hydrogen-bond acceptors (Lipinski definition) is 5. The molecule has 3 aromatic rings. The minimum atomic E-state index is -0.360. The summed E-state index contributed by atoms with van der Waals surface area (Å²) < 4.78 is 10.9. The van der Waals surface area contributed by atoms with Gasteiger partial charge in [0.1, 0.15) is 11.5 Å². The van der Waals surface area contributed by atoms with E-state index in [9.17, 15) is 9.59 Å². The summed E-state index contributed by atoms with van der Waals surface area (Å²) in [5.41, 5.74) is 2.31. The highest BCUT2D eigenvalue weighted by Gasteiger charge is 2.40. The molecule has 0 saturated carbocycles. The Balaban J connectivity index is 1.74. The summed E-state index contributed by atoms with van der Waals surface area (Å²) in [4.78, 5) is 28.5. The quantitative estimate of drug-likeness (QED) is 0.419. The van der Waals surface area contributed by atoms with E-state index in [1.807, 2.05) is 19.9 Å². The Morgan fingerprint density at radius 3 is 2.48 bits per heavy atom. The van der Waals surface area contributed by atoms with Crippen molar-refractivity contribution in [1.29, 1.82) is 0 Å². The molecule has 0 saturated heterocycles. The van der Waals surface area contributed by atoms with E-state index in [4.69, 9.17) is 20.8 Å². The number of carbonyl (C=O) groups excluding carboxylic acids is 2. The van der Waals surface area contributed by atoms with Crippen LogP contribution in [0.3, 0.4) is 0 Å². The van der Waals surface area contributed by atoms with Crippen LogP contribution in [0.4, 0.5) is 5.69 Å². The van der Waals surface area contributed by atoms with Gasteiger partial charge in [-0.3, -0.25) is 9.59 Å². The fraction of sp³-hybridized carbons (Fsp3) is 0.167. The molecule has 4 rings (SSSR count). The zero-order valence-electron chi connectivity index (χ0n) is 17.1. The monoisotopic (exact) mass is 453 g/mol. The minimum Gasteiger partial charge on any atom is -0.494 e. The van der Waals surface area contributed by atoms with Crippen molar-refractivity contribution in [3.63, 3.8) is 0 Å². The molecule has 0 spiro atoms. The molecule has 2 heterocycles. The van der Waals surface area contributed by atoms with E-state index in [1.165, 1.54) is 16.7 Å². The van der Waals surface area contributed by atoms with Crippen molar-refractivity contribution in [2.45, 2.75) is 19.6 Å². The van der Waals surface area contributed by atoms with E-state index >= 15 is 0 Å². The Morgan fingerprint density at radius 2 is 1.84 bits per heavy atom. The summed E-state index contributed by atoms with van der Waals surface area (Å²) in [6.07, 6.45) is 1.59.